The van der Waals surface area contributed by atoms with Crippen LogP contribution in [0.1, 0.15) is 78.1 Å². The predicted molar refractivity (Wildman–Crippen MR) is 143 cm³/mol. The van der Waals surface area contributed by atoms with Gasteiger partial charge in [-0.25, -0.2) is 0 Å². The number of hydrogen-bond acceptors (Lipinski definition) is 5. The third kappa shape index (κ3) is 5.16. The Hall–Kier alpha value is -3.24. The summed E-state index contributed by atoms with van der Waals surface area (Å²) in [7, 11) is 0. The lowest BCUT2D eigenvalue weighted by atomic mass is 9.62. The second-order valence-electron chi connectivity index (χ2n) is 12.5. The molecular weight excluding hydrogens is 535 g/mol. The number of nitrogens with one attached hydrogen (secondary N) is 1. The number of benzene rings is 2. The van der Waals surface area contributed by atoms with Crippen molar-refractivity contribution in [3.63, 3.8) is 0 Å². The van der Waals surface area contributed by atoms with E-state index in [1.54, 1.807) is 6.07 Å². The Morgan fingerprint density at radius 1 is 1.05 bits per heavy atom. The zero-order valence-electron chi connectivity index (χ0n) is 23.0. The average molecular weight is 570 g/mol. The zero-order valence-corrected chi connectivity index (χ0v) is 23.0. The first kappa shape index (κ1) is 27.9. The van der Waals surface area contributed by atoms with Crippen molar-refractivity contribution in [2.45, 2.75) is 76.4 Å². The van der Waals surface area contributed by atoms with Gasteiger partial charge in [0.05, 0.1) is 11.2 Å². The van der Waals surface area contributed by atoms with Crippen LogP contribution in [-0.2, 0) is 34.5 Å². The average Bonchev–Trinajstić information content (AvgIpc) is 3.66. The molecule has 0 bridgehead atoms. The highest BCUT2D eigenvalue weighted by Gasteiger charge is 2.53. The molecule has 4 aliphatic rings. The van der Waals surface area contributed by atoms with Gasteiger partial charge in [0.2, 0.25) is 11.8 Å². The maximum Gasteiger partial charge on any atom is 0.416 e. The number of fused-ring (bicyclic) bond motifs is 1. The standard InChI is InChI=1S/C31H34F3N3O4/c1-29(15-19-2-3-19)18-36(16-20-4-6-22(7-5-20)31(32,33)34)13-12-30(29,41)23-8-9-24-21(14-23)17-37(28(24)40)25-10-11-26(38)35-27(25)39/h4-9,14,19,25,41H,2-3,10-13,15-18H2,1H3,(H,35,38,39). The number of nitrogens with zero attached hydrogens (tertiary/aromatic N) is 2. The van der Waals surface area contributed by atoms with Crippen LogP contribution in [0.15, 0.2) is 42.5 Å². The van der Waals surface area contributed by atoms with Crippen molar-refractivity contribution in [2.75, 3.05) is 13.1 Å². The topological polar surface area (TPSA) is 89.9 Å². The first-order chi connectivity index (χ1) is 19.4. The molecule has 0 radical (unpaired) electrons. The van der Waals surface area contributed by atoms with Crippen molar-refractivity contribution in [1.82, 2.24) is 15.1 Å². The molecule has 6 rings (SSSR count). The molecule has 0 spiro atoms. The smallest absolute Gasteiger partial charge is 0.384 e. The molecule has 3 heterocycles. The molecule has 3 amide bonds. The Morgan fingerprint density at radius 3 is 2.44 bits per heavy atom. The van der Waals surface area contributed by atoms with E-state index >= 15 is 0 Å². The number of piperidine rings is 2. The molecule has 3 fully saturated rings. The van der Waals surface area contributed by atoms with Crippen molar-refractivity contribution < 1.29 is 32.7 Å². The summed E-state index contributed by atoms with van der Waals surface area (Å²) in [4.78, 5) is 41.0. The Bertz CT molecular complexity index is 1390. The van der Waals surface area contributed by atoms with Crippen LogP contribution in [0.4, 0.5) is 13.2 Å². The van der Waals surface area contributed by atoms with Crippen LogP contribution in [0.2, 0.25) is 0 Å². The van der Waals surface area contributed by atoms with E-state index < -0.39 is 34.7 Å². The minimum absolute atomic E-state index is 0.185. The van der Waals surface area contributed by atoms with Crippen molar-refractivity contribution in [2.24, 2.45) is 11.3 Å². The molecule has 2 aromatic carbocycles. The number of hydrogen-bond donors (Lipinski definition) is 2. The molecule has 2 aromatic rings. The van der Waals surface area contributed by atoms with Crippen LogP contribution in [0.3, 0.4) is 0 Å². The summed E-state index contributed by atoms with van der Waals surface area (Å²) >= 11 is 0. The minimum Gasteiger partial charge on any atom is -0.384 e. The fourth-order valence-corrected chi connectivity index (χ4v) is 7.03. The van der Waals surface area contributed by atoms with E-state index in [1.807, 2.05) is 12.1 Å². The monoisotopic (exact) mass is 569 g/mol. The van der Waals surface area contributed by atoms with Crippen LogP contribution >= 0.6 is 0 Å². The molecule has 2 N–H and O–H groups in total. The zero-order chi connectivity index (χ0) is 29.2. The molecule has 3 unspecified atom stereocenters. The van der Waals surface area contributed by atoms with Gasteiger partial charge in [0.15, 0.2) is 0 Å². The van der Waals surface area contributed by atoms with Crippen LogP contribution in [0, 0.1) is 11.3 Å². The number of likely N-dealkylation sites (tertiary alicyclic amines) is 1. The summed E-state index contributed by atoms with van der Waals surface area (Å²) in [5, 5.41) is 14.7. The van der Waals surface area contributed by atoms with Gasteiger partial charge < -0.3 is 10.0 Å². The Balaban J connectivity index is 1.23. The Labute approximate surface area is 236 Å². The molecule has 10 heteroatoms. The molecule has 3 aliphatic heterocycles. The van der Waals surface area contributed by atoms with Gasteiger partial charge in [-0.05, 0) is 60.1 Å². The molecule has 0 aromatic heterocycles. The van der Waals surface area contributed by atoms with Crippen molar-refractivity contribution in [3.8, 4) is 0 Å². The SMILES string of the molecule is CC1(CC2CC2)CN(Cc2ccc(C(F)(F)F)cc2)CCC1(O)c1ccc2c(c1)CN(C1CCC(=O)NC1=O)C2=O. The van der Waals surface area contributed by atoms with Gasteiger partial charge in [-0.2, -0.15) is 13.2 Å². The summed E-state index contributed by atoms with van der Waals surface area (Å²) in [6.45, 7) is 3.98. The van der Waals surface area contributed by atoms with Gasteiger partial charge in [0.1, 0.15) is 6.04 Å². The van der Waals surface area contributed by atoms with E-state index in [0.29, 0.717) is 37.5 Å². The van der Waals surface area contributed by atoms with Gasteiger partial charge in [-0.3, -0.25) is 24.6 Å². The molecule has 41 heavy (non-hydrogen) atoms. The second kappa shape index (κ2) is 9.94. The second-order valence-corrected chi connectivity index (χ2v) is 12.5. The number of carbonyl (C=O) groups is 3. The number of amides is 3. The molecule has 1 saturated carbocycles. The van der Waals surface area contributed by atoms with Gasteiger partial charge in [-0.15, -0.1) is 0 Å². The molecule has 3 atom stereocenters. The summed E-state index contributed by atoms with van der Waals surface area (Å²) < 4.78 is 39.0. The molecule has 218 valence electrons. The van der Waals surface area contributed by atoms with E-state index in [1.165, 1.54) is 17.0 Å². The third-order valence-corrected chi connectivity index (χ3v) is 9.49. The maximum atomic E-state index is 13.2. The normalized spacial score (nSPS) is 29.0. The number of aliphatic hydroxyl groups is 1. The van der Waals surface area contributed by atoms with Crippen molar-refractivity contribution in [3.05, 3.63) is 70.3 Å². The van der Waals surface area contributed by atoms with Crippen molar-refractivity contribution in [1.29, 1.82) is 0 Å². The quantitative estimate of drug-likeness (QED) is 0.505. The van der Waals surface area contributed by atoms with Crippen LogP contribution in [-0.4, -0.2) is 51.8 Å². The Morgan fingerprint density at radius 2 is 1.78 bits per heavy atom. The fraction of sp³-hybridized carbons (Fsp3) is 0.516. The number of alkyl halides is 3. The fourth-order valence-electron chi connectivity index (χ4n) is 7.03. The molecular formula is C31H34F3N3O4. The first-order valence-corrected chi connectivity index (χ1v) is 14.3. The summed E-state index contributed by atoms with van der Waals surface area (Å²) in [5.74, 6) is -0.519. The molecule has 7 nitrogen and oxygen atoms in total. The highest BCUT2D eigenvalue weighted by Crippen LogP contribution is 2.54. The predicted octanol–water partition coefficient (Wildman–Crippen LogP) is 4.37. The number of rotatable bonds is 6. The third-order valence-electron chi connectivity index (χ3n) is 9.49. The van der Waals surface area contributed by atoms with E-state index in [4.69, 9.17) is 0 Å². The summed E-state index contributed by atoms with van der Waals surface area (Å²) in [6, 6.07) is 10.0. The van der Waals surface area contributed by atoms with Crippen molar-refractivity contribution >= 4 is 17.7 Å². The van der Waals surface area contributed by atoms with Crippen LogP contribution < -0.4 is 5.32 Å². The van der Waals surface area contributed by atoms with E-state index in [-0.39, 0.29) is 31.2 Å². The lowest BCUT2D eigenvalue weighted by Gasteiger charge is -2.53. The summed E-state index contributed by atoms with van der Waals surface area (Å²) in [5.41, 5.74) is 0.454. The number of imide groups is 1. The number of carbonyl (C=O) groups excluding carboxylic acids is 3. The largest absolute Gasteiger partial charge is 0.416 e. The number of halogens is 3. The molecule has 1 aliphatic carbocycles. The maximum absolute atomic E-state index is 13.2. The van der Waals surface area contributed by atoms with E-state index in [9.17, 15) is 32.7 Å². The van der Waals surface area contributed by atoms with Gasteiger partial charge in [0.25, 0.3) is 5.91 Å². The van der Waals surface area contributed by atoms with Crippen LogP contribution in [0.5, 0.6) is 0 Å². The van der Waals surface area contributed by atoms with Gasteiger partial charge >= 0.3 is 6.18 Å². The highest BCUT2D eigenvalue weighted by atomic mass is 19.4. The van der Waals surface area contributed by atoms with E-state index in [2.05, 4.69) is 17.1 Å². The van der Waals surface area contributed by atoms with Gasteiger partial charge in [-0.1, -0.05) is 44.0 Å². The van der Waals surface area contributed by atoms with Crippen LogP contribution in [0.25, 0.3) is 0 Å². The lowest BCUT2D eigenvalue weighted by Crippen LogP contribution is -2.56. The molecule has 2 saturated heterocycles. The highest BCUT2D eigenvalue weighted by molar-refractivity contribution is 6.05. The first-order valence-electron chi connectivity index (χ1n) is 14.3. The summed E-state index contributed by atoms with van der Waals surface area (Å²) in [6.07, 6.45) is -0.401. The minimum atomic E-state index is -4.37. The van der Waals surface area contributed by atoms with E-state index in [0.717, 1.165) is 48.1 Å². The Kier molecular flexibility index (Phi) is 6.77. The van der Waals surface area contributed by atoms with Gasteiger partial charge in [0, 0.05) is 43.6 Å². The lowest BCUT2D eigenvalue weighted by molar-refractivity contribution is -0.142.